The quantitative estimate of drug-likeness (QED) is 0.624. The van der Waals surface area contributed by atoms with Crippen molar-refractivity contribution in [2.75, 3.05) is 0 Å². The molecular formula is C12H20ClNO3. The summed E-state index contributed by atoms with van der Waals surface area (Å²) in [5, 5.41) is 28.9. The Kier molecular flexibility index (Phi) is 6.31. The van der Waals surface area contributed by atoms with Gasteiger partial charge in [0.25, 0.3) is 0 Å². The number of hydrogen-bond acceptors (Lipinski definition) is 4. The summed E-state index contributed by atoms with van der Waals surface area (Å²) in [6.07, 6.45) is 0.0618. The van der Waals surface area contributed by atoms with Crippen LogP contribution in [0.1, 0.15) is 31.9 Å². The SMILES string of the molecule is CCC(C)[C@H](O)[C@H](N)c1cc(O)ccc1O.Cl. The lowest BCUT2D eigenvalue weighted by atomic mass is 9.91. The first-order valence-electron chi connectivity index (χ1n) is 5.42. The highest BCUT2D eigenvalue weighted by Crippen LogP contribution is 2.30. The van der Waals surface area contributed by atoms with Crippen molar-refractivity contribution in [3.05, 3.63) is 23.8 Å². The number of halogens is 1. The average Bonchev–Trinajstić information content (AvgIpc) is 2.29. The highest BCUT2D eigenvalue weighted by Gasteiger charge is 2.24. The average molecular weight is 262 g/mol. The van der Waals surface area contributed by atoms with Crippen molar-refractivity contribution in [3.63, 3.8) is 0 Å². The number of phenolic OH excluding ortho intramolecular Hbond substituents is 2. The van der Waals surface area contributed by atoms with Crippen molar-refractivity contribution in [3.8, 4) is 11.5 Å². The zero-order valence-electron chi connectivity index (χ0n) is 10.00. The first-order chi connectivity index (χ1) is 7.47. The van der Waals surface area contributed by atoms with Crippen LogP contribution in [0.5, 0.6) is 11.5 Å². The molecule has 0 aromatic heterocycles. The molecule has 1 unspecified atom stereocenters. The van der Waals surface area contributed by atoms with Crippen LogP contribution in [0.3, 0.4) is 0 Å². The predicted octanol–water partition coefficient (Wildman–Crippen LogP) is 1.93. The van der Waals surface area contributed by atoms with Gasteiger partial charge in [0, 0.05) is 5.56 Å². The molecule has 0 bridgehead atoms. The smallest absolute Gasteiger partial charge is 0.120 e. The van der Waals surface area contributed by atoms with Gasteiger partial charge in [0.1, 0.15) is 11.5 Å². The number of aromatic hydroxyl groups is 2. The van der Waals surface area contributed by atoms with E-state index in [2.05, 4.69) is 0 Å². The summed E-state index contributed by atoms with van der Waals surface area (Å²) in [5.41, 5.74) is 6.23. The molecule has 0 spiro atoms. The second kappa shape index (κ2) is 6.69. The Morgan fingerprint density at radius 1 is 1.29 bits per heavy atom. The topological polar surface area (TPSA) is 86.7 Å². The number of rotatable bonds is 4. The molecule has 1 rings (SSSR count). The fourth-order valence-corrected chi connectivity index (χ4v) is 1.59. The van der Waals surface area contributed by atoms with Crippen LogP contribution in [0.15, 0.2) is 18.2 Å². The van der Waals surface area contributed by atoms with Crippen LogP contribution >= 0.6 is 12.4 Å². The maximum Gasteiger partial charge on any atom is 0.120 e. The number of aliphatic hydroxyl groups is 1. The number of benzene rings is 1. The van der Waals surface area contributed by atoms with Gasteiger partial charge in [-0.25, -0.2) is 0 Å². The zero-order chi connectivity index (χ0) is 12.3. The molecule has 0 radical (unpaired) electrons. The number of nitrogens with two attached hydrogens (primary N) is 1. The highest BCUT2D eigenvalue weighted by atomic mass is 35.5. The number of aliphatic hydroxyl groups excluding tert-OH is 1. The molecular weight excluding hydrogens is 242 g/mol. The van der Waals surface area contributed by atoms with Gasteiger partial charge in [0.2, 0.25) is 0 Å². The normalized spacial score (nSPS) is 15.8. The Bertz CT molecular complexity index is 360. The molecule has 0 amide bonds. The predicted molar refractivity (Wildman–Crippen MR) is 69.4 cm³/mol. The van der Waals surface area contributed by atoms with E-state index < -0.39 is 12.1 Å². The molecule has 98 valence electrons. The van der Waals surface area contributed by atoms with E-state index >= 15 is 0 Å². The molecule has 0 saturated heterocycles. The Morgan fingerprint density at radius 2 is 1.88 bits per heavy atom. The van der Waals surface area contributed by atoms with Crippen LogP contribution in [-0.4, -0.2) is 21.4 Å². The van der Waals surface area contributed by atoms with E-state index in [1.54, 1.807) is 0 Å². The van der Waals surface area contributed by atoms with E-state index in [1.807, 2.05) is 13.8 Å². The van der Waals surface area contributed by atoms with E-state index in [4.69, 9.17) is 5.73 Å². The van der Waals surface area contributed by atoms with E-state index in [0.717, 1.165) is 6.42 Å². The minimum Gasteiger partial charge on any atom is -0.508 e. The Morgan fingerprint density at radius 3 is 2.41 bits per heavy atom. The Hall–Kier alpha value is -0.970. The van der Waals surface area contributed by atoms with Crippen LogP contribution in [0.2, 0.25) is 0 Å². The van der Waals surface area contributed by atoms with Gasteiger partial charge in [-0.15, -0.1) is 12.4 Å². The fourth-order valence-electron chi connectivity index (χ4n) is 1.59. The summed E-state index contributed by atoms with van der Waals surface area (Å²) in [7, 11) is 0. The standard InChI is InChI=1S/C12H19NO3.ClH/c1-3-7(2)12(16)11(13)9-6-8(14)4-5-10(9)15;/h4-7,11-12,14-16H,3,13H2,1-2H3;1H/t7?,11-,12+;/m1./s1. The van der Waals surface area contributed by atoms with Gasteiger partial charge in [-0.05, 0) is 24.1 Å². The second-order valence-electron chi connectivity index (χ2n) is 4.15. The molecule has 5 heteroatoms. The molecule has 0 saturated carbocycles. The van der Waals surface area contributed by atoms with Crippen molar-refractivity contribution >= 4 is 12.4 Å². The van der Waals surface area contributed by atoms with E-state index in [-0.39, 0.29) is 29.8 Å². The summed E-state index contributed by atoms with van der Waals surface area (Å²) in [4.78, 5) is 0. The number of phenols is 2. The minimum absolute atomic E-state index is 0. The van der Waals surface area contributed by atoms with Crippen molar-refractivity contribution in [1.82, 2.24) is 0 Å². The second-order valence-corrected chi connectivity index (χ2v) is 4.15. The molecule has 1 aromatic carbocycles. The van der Waals surface area contributed by atoms with Gasteiger partial charge in [0.15, 0.2) is 0 Å². The monoisotopic (exact) mass is 261 g/mol. The van der Waals surface area contributed by atoms with Crippen LogP contribution in [0.25, 0.3) is 0 Å². The lowest BCUT2D eigenvalue weighted by molar-refractivity contribution is 0.0870. The third-order valence-corrected chi connectivity index (χ3v) is 2.97. The minimum atomic E-state index is -0.738. The summed E-state index contributed by atoms with van der Waals surface area (Å²) in [6, 6.07) is 3.43. The van der Waals surface area contributed by atoms with Gasteiger partial charge in [-0.3, -0.25) is 0 Å². The lowest BCUT2D eigenvalue weighted by Crippen LogP contribution is -2.31. The van der Waals surface area contributed by atoms with E-state index in [1.165, 1.54) is 18.2 Å². The zero-order valence-corrected chi connectivity index (χ0v) is 10.8. The van der Waals surface area contributed by atoms with E-state index in [9.17, 15) is 15.3 Å². The highest BCUT2D eigenvalue weighted by molar-refractivity contribution is 5.85. The molecule has 0 aliphatic rings. The molecule has 4 nitrogen and oxygen atoms in total. The van der Waals surface area contributed by atoms with Crippen LogP contribution < -0.4 is 5.73 Å². The lowest BCUT2D eigenvalue weighted by Gasteiger charge is -2.24. The Balaban J connectivity index is 0.00000256. The summed E-state index contributed by atoms with van der Waals surface area (Å²) in [5.74, 6) is 0.0593. The summed E-state index contributed by atoms with van der Waals surface area (Å²) < 4.78 is 0. The van der Waals surface area contributed by atoms with Gasteiger partial charge in [-0.2, -0.15) is 0 Å². The molecule has 1 aromatic rings. The first kappa shape index (κ1) is 16.0. The molecule has 0 fully saturated rings. The molecule has 17 heavy (non-hydrogen) atoms. The van der Waals surface area contributed by atoms with Crippen molar-refractivity contribution in [2.45, 2.75) is 32.4 Å². The first-order valence-corrected chi connectivity index (χ1v) is 5.42. The maximum atomic E-state index is 9.94. The van der Waals surface area contributed by atoms with Gasteiger partial charge >= 0.3 is 0 Å². The third kappa shape index (κ3) is 3.77. The Labute approximate surface area is 107 Å². The fraction of sp³-hybridized carbons (Fsp3) is 0.500. The van der Waals surface area contributed by atoms with Crippen LogP contribution in [-0.2, 0) is 0 Å². The maximum absolute atomic E-state index is 9.94. The summed E-state index contributed by atoms with van der Waals surface area (Å²) >= 11 is 0. The number of hydrogen-bond donors (Lipinski definition) is 4. The van der Waals surface area contributed by atoms with E-state index in [0.29, 0.717) is 5.56 Å². The largest absolute Gasteiger partial charge is 0.508 e. The van der Waals surface area contributed by atoms with Crippen LogP contribution in [0, 0.1) is 5.92 Å². The van der Waals surface area contributed by atoms with Crippen molar-refractivity contribution < 1.29 is 15.3 Å². The molecule has 0 heterocycles. The molecule has 0 aliphatic carbocycles. The molecule has 5 N–H and O–H groups in total. The van der Waals surface area contributed by atoms with Gasteiger partial charge in [-0.1, -0.05) is 20.3 Å². The summed E-state index contributed by atoms with van der Waals surface area (Å²) in [6.45, 7) is 3.85. The van der Waals surface area contributed by atoms with Gasteiger partial charge in [0.05, 0.1) is 12.1 Å². The molecule has 3 atom stereocenters. The van der Waals surface area contributed by atoms with Gasteiger partial charge < -0.3 is 21.1 Å². The third-order valence-electron chi connectivity index (χ3n) is 2.97. The van der Waals surface area contributed by atoms with Crippen LogP contribution in [0.4, 0.5) is 0 Å². The van der Waals surface area contributed by atoms with Crippen molar-refractivity contribution in [1.29, 1.82) is 0 Å². The van der Waals surface area contributed by atoms with Crippen molar-refractivity contribution in [2.24, 2.45) is 11.7 Å². The molecule has 0 aliphatic heterocycles.